The fourth-order valence-electron chi connectivity index (χ4n) is 4.66. The van der Waals surface area contributed by atoms with E-state index in [2.05, 4.69) is 19.2 Å². The van der Waals surface area contributed by atoms with Gasteiger partial charge in [0.2, 0.25) is 11.8 Å². The Morgan fingerprint density at radius 3 is 2.29 bits per heavy atom. The lowest BCUT2D eigenvalue weighted by molar-refractivity contribution is -0.161. The number of hydrogen-bond acceptors (Lipinski definition) is 2. The molecule has 0 radical (unpaired) electrons. The summed E-state index contributed by atoms with van der Waals surface area (Å²) in [4.78, 5) is 27.6. The summed E-state index contributed by atoms with van der Waals surface area (Å²) in [6.45, 7) is 6.40. The van der Waals surface area contributed by atoms with E-state index < -0.39 is 5.54 Å². The van der Waals surface area contributed by atoms with Crippen LogP contribution >= 0.6 is 0 Å². The van der Waals surface area contributed by atoms with Crippen LogP contribution in [-0.4, -0.2) is 34.3 Å². The molecule has 21 heavy (non-hydrogen) atoms. The molecule has 4 heteroatoms. The average molecular weight is 292 g/mol. The van der Waals surface area contributed by atoms with Crippen molar-refractivity contribution in [2.75, 3.05) is 0 Å². The summed E-state index contributed by atoms with van der Waals surface area (Å²) in [6.07, 6.45) is 8.29. The zero-order valence-corrected chi connectivity index (χ0v) is 13.6. The van der Waals surface area contributed by atoms with Crippen LogP contribution in [0.5, 0.6) is 0 Å². The van der Waals surface area contributed by atoms with Crippen molar-refractivity contribution in [3.05, 3.63) is 0 Å². The van der Waals surface area contributed by atoms with Gasteiger partial charge in [0.25, 0.3) is 0 Å². The normalized spacial score (nSPS) is 35.1. The minimum Gasteiger partial charge on any atom is -0.340 e. The van der Waals surface area contributed by atoms with E-state index in [1.165, 1.54) is 12.8 Å². The first-order valence-electron chi connectivity index (χ1n) is 8.52. The van der Waals surface area contributed by atoms with Crippen molar-refractivity contribution in [3.63, 3.8) is 0 Å². The van der Waals surface area contributed by atoms with Crippen LogP contribution in [0.2, 0.25) is 0 Å². The van der Waals surface area contributed by atoms with Crippen molar-refractivity contribution in [2.45, 2.75) is 89.8 Å². The Hall–Kier alpha value is -1.06. The van der Waals surface area contributed by atoms with Gasteiger partial charge in [-0.25, -0.2) is 0 Å². The lowest BCUT2D eigenvalue weighted by Gasteiger charge is -2.52. The second-order valence-corrected chi connectivity index (χ2v) is 7.92. The number of piperazine rings is 1. The van der Waals surface area contributed by atoms with Crippen LogP contribution in [0.15, 0.2) is 0 Å². The van der Waals surface area contributed by atoms with Crippen molar-refractivity contribution in [2.24, 2.45) is 5.41 Å². The van der Waals surface area contributed by atoms with Gasteiger partial charge in [-0.15, -0.1) is 0 Å². The van der Waals surface area contributed by atoms with Crippen LogP contribution in [-0.2, 0) is 9.59 Å². The van der Waals surface area contributed by atoms with Crippen molar-refractivity contribution in [1.82, 2.24) is 10.2 Å². The van der Waals surface area contributed by atoms with Crippen LogP contribution in [0, 0.1) is 5.41 Å². The number of carbonyl (C=O) groups is 2. The molecule has 2 amide bonds. The molecule has 3 fully saturated rings. The zero-order chi connectivity index (χ0) is 15.3. The molecule has 1 spiro atoms. The maximum absolute atomic E-state index is 13.2. The second kappa shape index (κ2) is 4.99. The number of nitrogens with zero attached hydrogens (tertiary/aromatic N) is 1. The molecule has 0 aromatic rings. The molecule has 1 saturated heterocycles. The summed E-state index contributed by atoms with van der Waals surface area (Å²) in [5, 5.41) is 3.06. The molecule has 2 saturated carbocycles. The molecule has 0 bridgehead atoms. The highest BCUT2D eigenvalue weighted by molar-refractivity contribution is 6.00. The maximum Gasteiger partial charge on any atom is 0.249 e. The summed E-state index contributed by atoms with van der Waals surface area (Å²) >= 11 is 0. The Balaban J connectivity index is 1.94. The van der Waals surface area contributed by atoms with Crippen molar-refractivity contribution in [3.8, 4) is 0 Å². The highest BCUT2D eigenvalue weighted by atomic mass is 16.2. The summed E-state index contributed by atoms with van der Waals surface area (Å²) in [7, 11) is 0. The van der Waals surface area contributed by atoms with Gasteiger partial charge in [-0.05, 0) is 38.0 Å². The lowest BCUT2D eigenvalue weighted by atomic mass is 9.71. The van der Waals surface area contributed by atoms with Crippen LogP contribution < -0.4 is 5.32 Å². The maximum atomic E-state index is 13.2. The number of amides is 2. The molecule has 118 valence electrons. The van der Waals surface area contributed by atoms with Gasteiger partial charge in [0.1, 0.15) is 11.6 Å². The molecule has 2 unspecified atom stereocenters. The third kappa shape index (κ3) is 2.27. The predicted molar refractivity (Wildman–Crippen MR) is 81.7 cm³/mol. The standard InChI is InChI=1S/C17H28N2O2/c1-12-14(20)18-17(10-6-7-11-17)15(21)19(12)13-8-4-5-9-16(13,2)3/h12-13H,4-11H2,1-3H3,(H,18,20). The molecular weight excluding hydrogens is 264 g/mol. The number of nitrogens with one attached hydrogen (secondary N) is 1. The Bertz CT molecular complexity index is 452. The molecule has 1 aliphatic heterocycles. The first-order chi connectivity index (χ1) is 9.87. The van der Waals surface area contributed by atoms with Gasteiger partial charge in [-0.1, -0.05) is 39.5 Å². The van der Waals surface area contributed by atoms with Crippen LogP contribution in [0.1, 0.15) is 72.1 Å². The SMILES string of the molecule is CC1C(=O)NC2(CCCC2)C(=O)N1C1CCCCC1(C)C. The van der Waals surface area contributed by atoms with Crippen molar-refractivity contribution < 1.29 is 9.59 Å². The molecule has 3 aliphatic rings. The van der Waals surface area contributed by atoms with Gasteiger partial charge in [-0.2, -0.15) is 0 Å². The lowest BCUT2D eigenvalue weighted by Crippen LogP contribution is -2.72. The minimum absolute atomic E-state index is 0.0397. The van der Waals surface area contributed by atoms with E-state index in [0.29, 0.717) is 0 Å². The monoisotopic (exact) mass is 292 g/mol. The summed E-state index contributed by atoms with van der Waals surface area (Å²) in [5.74, 6) is 0.227. The van der Waals surface area contributed by atoms with Gasteiger partial charge in [0, 0.05) is 6.04 Å². The Morgan fingerprint density at radius 2 is 1.67 bits per heavy atom. The highest BCUT2D eigenvalue weighted by Crippen LogP contribution is 2.43. The molecule has 2 aliphatic carbocycles. The van der Waals surface area contributed by atoms with Crippen LogP contribution in [0.25, 0.3) is 0 Å². The van der Waals surface area contributed by atoms with E-state index in [1.807, 2.05) is 11.8 Å². The van der Waals surface area contributed by atoms with Crippen molar-refractivity contribution >= 4 is 11.8 Å². The Labute approximate surface area is 127 Å². The van der Waals surface area contributed by atoms with E-state index in [4.69, 9.17) is 0 Å². The van der Waals surface area contributed by atoms with Gasteiger partial charge >= 0.3 is 0 Å². The largest absolute Gasteiger partial charge is 0.340 e. The van der Waals surface area contributed by atoms with Gasteiger partial charge < -0.3 is 10.2 Å². The summed E-state index contributed by atoms with van der Waals surface area (Å²) in [6, 6.07) is -0.122. The van der Waals surface area contributed by atoms with Gasteiger partial charge in [0.05, 0.1) is 0 Å². The van der Waals surface area contributed by atoms with E-state index in [0.717, 1.165) is 38.5 Å². The summed E-state index contributed by atoms with van der Waals surface area (Å²) < 4.78 is 0. The Kier molecular flexibility index (Phi) is 3.53. The smallest absolute Gasteiger partial charge is 0.249 e. The first-order valence-corrected chi connectivity index (χ1v) is 8.52. The third-order valence-electron chi connectivity index (χ3n) is 6.05. The first kappa shape index (κ1) is 14.9. The van der Waals surface area contributed by atoms with Crippen molar-refractivity contribution in [1.29, 1.82) is 0 Å². The zero-order valence-electron chi connectivity index (χ0n) is 13.6. The molecule has 0 aromatic heterocycles. The minimum atomic E-state index is -0.586. The van der Waals surface area contributed by atoms with E-state index >= 15 is 0 Å². The molecule has 3 rings (SSSR count). The summed E-state index contributed by atoms with van der Waals surface area (Å²) in [5.41, 5.74) is -0.475. The topological polar surface area (TPSA) is 49.4 Å². The molecular formula is C17H28N2O2. The third-order valence-corrected chi connectivity index (χ3v) is 6.05. The Morgan fingerprint density at radius 1 is 1.05 bits per heavy atom. The fraction of sp³-hybridized carbons (Fsp3) is 0.882. The molecule has 4 nitrogen and oxygen atoms in total. The second-order valence-electron chi connectivity index (χ2n) is 7.92. The average Bonchev–Trinajstić information content (AvgIpc) is 2.88. The highest BCUT2D eigenvalue weighted by Gasteiger charge is 2.54. The van der Waals surface area contributed by atoms with E-state index in [1.54, 1.807) is 0 Å². The number of rotatable bonds is 1. The van der Waals surface area contributed by atoms with Gasteiger partial charge in [0.15, 0.2) is 0 Å². The van der Waals surface area contributed by atoms with E-state index in [9.17, 15) is 9.59 Å². The number of carbonyl (C=O) groups excluding carboxylic acids is 2. The van der Waals surface area contributed by atoms with E-state index in [-0.39, 0.29) is 29.3 Å². The molecule has 0 aromatic carbocycles. The molecule has 1 N–H and O–H groups in total. The molecule has 1 heterocycles. The van der Waals surface area contributed by atoms with Gasteiger partial charge in [-0.3, -0.25) is 9.59 Å². The van der Waals surface area contributed by atoms with Crippen LogP contribution in [0.4, 0.5) is 0 Å². The van der Waals surface area contributed by atoms with Crippen LogP contribution in [0.3, 0.4) is 0 Å². The quantitative estimate of drug-likeness (QED) is 0.807. The number of hydrogen-bond donors (Lipinski definition) is 1. The molecule has 2 atom stereocenters. The fourth-order valence-corrected chi connectivity index (χ4v) is 4.66. The predicted octanol–water partition coefficient (Wildman–Crippen LogP) is 2.61.